The quantitative estimate of drug-likeness (QED) is 0.418. The van der Waals surface area contributed by atoms with Gasteiger partial charge in [0, 0.05) is 14.1 Å². The molecule has 8 heteroatoms. The van der Waals surface area contributed by atoms with Gasteiger partial charge in [-0.2, -0.15) is 0 Å². The number of anilines is 1. The number of carbonyl (C=O) groups is 1. The molecular weight excluding hydrogens is 408 g/mol. The first-order chi connectivity index (χ1) is 15.4. The van der Waals surface area contributed by atoms with E-state index in [1.807, 2.05) is 42.5 Å². The lowest BCUT2D eigenvalue weighted by Gasteiger charge is -2.31. The van der Waals surface area contributed by atoms with E-state index < -0.39 is 11.5 Å². The second-order valence-corrected chi connectivity index (χ2v) is 7.01. The zero-order valence-electron chi connectivity index (χ0n) is 18.4. The van der Waals surface area contributed by atoms with E-state index in [-0.39, 0.29) is 30.0 Å². The molecule has 0 aliphatic carbocycles. The maximum Gasteiger partial charge on any atom is 0.361 e. The molecular formula is C24H24N4O4. The van der Waals surface area contributed by atoms with Crippen LogP contribution in [0.15, 0.2) is 59.4 Å². The Morgan fingerprint density at radius 2 is 1.88 bits per heavy atom. The Morgan fingerprint density at radius 1 is 1.19 bits per heavy atom. The van der Waals surface area contributed by atoms with E-state index in [1.54, 1.807) is 38.1 Å². The van der Waals surface area contributed by atoms with Gasteiger partial charge < -0.3 is 14.4 Å². The van der Waals surface area contributed by atoms with Gasteiger partial charge in [0.1, 0.15) is 0 Å². The fraction of sp³-hybridized carbons (Fsp3) is 0.250. The zero-order chi connectivity index (χ0) is 23.3. The topological polar surface area (TPSA) is 78.0 Å². The molecule has 3 rings (SSSR count). The number of methoxy groups -OCH3 is 1. The molecule has 164 valence electrons. The molecule has 3 aromatic rings. The summed E-state index contributed by atoms with van der Waals surface area (Å²) in [6.45, 7) is 9.18. The van der Waals surface area contributed by atoms with E-state index >= 15 is 0 Å². The van der Waals surface area contributed by atoms with Crippen LogP contribution in [0.2, 0.25) is 0 Å². The number of benzene rings is 2. The Kier molecular flexibility index (Phi) is 6.90. The second-order valence-electron chi connectivity index (χ2n) is 7.01. The average molecular weight is 432 g/mol. The number of nitrogens with zero attached hydrogens (tertiary/aromatic N) is 4. The first-order valence-electron chi connectivity index (χ1n) is 10.00. The van der Waals surface area contributed by atoms with Gasteiger partial charge in [-0.3, -0.25) is 9.36 Å². The zero-order valence-corrected chi connectivity index (χ0v) is 18.4. The summed E-state index contributed by atoms with van der Waals surface area (Å²) < 4.78 is 11.6. The van der Waals surface area contributed by atoms with Crippen molar-refractivity contribution >= 4 is 17.6 Å². The van der Waals surface area contributed by atoms with Gasteiger partial charge in [-0.1, -0.05) is 54.6 Å². The molecule has 1 heterocycles. The molecule has 2 aromatic carbocycles. The Morgan fingerprint density at radius 3 is 2.50 bits per heavy atom. The van der Waals surface area contributed by atoms with E-state index in [1.165, 1.54) is 11.7 Å². The molecule has 0 N–H and O–H groups in total. The van der Waals surface area contributed by atoms with Crippen LogP contribution in [0.5, 0.6) is 5.75 Å². The normalized spacial score (nSPS) is 11.3. The van der Waals surface area contributed by atoms with Crippen LogP contribution in [-0.4, -0.2) is 36.3 Å². The highest BCUT2D eigenvalue weighted by Gasteiger charge is 2.28. The molecule has 0 saturated heterocycles. The minimum Gasteiger partial charge on any atom is -0.489 e. The largest absolute Gasteiger partial charge is 0.489 e. The van der Waals surface area contributed by atoms with Crippen LogP contribution in [-0.2, 0) is 11.8 Å². The summed E-state index contributed by atoms with van der Waals surface area (Å²) >= 11 is 0. The monoisotopic (exact) mass is 432 g/mol. The smallest absolute Gasteiger partial charge is 0.361 e. The lowest BCUT2D eigenvalue weighted by Crippen LogP contribution is -2.34. The molecule has 0 spiro atoms. The summed E-state index contributed by atoms with van der Waals surface area (Å²) in [6.07, 6.45) is 0. The van der Waals surface area contributed by atoms with Crippen molar-refractivity contribution in [3.8, 4) is 5.75 Å². The van der Waals surface area contributed by atoms with Gasteiger partial charge in [0.2, 0.25) is 11.7 Å². The first kappa shape index (κ1) is 22.6. The van der Waals surface area contributed by atoms with E-state index in [4.69, 9.17) is 16.0 Å². The predicted molar refractivity (Wildman–Crippen MR) is 121 cm³/mol. The molecule has 32 heavy (non-hydrogen) atoms. The lowest BCUT2D eigenvalue weighted by atomic mass is 9.97. The number of esters is 1. The third-order valence-electron chi connectivity index (χ3n) is 5.03. The molecule has 1 aromatic heterocycles. The van der Waals surface area contributed by atoms with Crippen LogP contribution in [0.25, 0.3) is 4.85 Å². The lowest BCUT2D eigenvalue weighted by molar-refractivity contribution is 0.0514. The van der Waals surface area contributed by atoms with Crippen molar-refractivity contribution in [3.05, 3.63) is 93.2 Å². The van der Waals surface area contributed by atoms with Crippen molar-refractivity contribution < 1.29 is 14.3 Å². The van der Waals surface area contributed by atoms with Crippen molar-refractivity contribution in [3.63, 3.8) is 0 Å². The Balaban J connectivity index is 2.22. The highest BCUT2D eigenvalue weighted by Crippen LogP contribution is 2.33. The summed E-state index contributed by atoms with van der Waals surface area (Å²) in [6, 6.07) is 16.6. The van der Waals surface area contributed by atoms with Crippen molar-refractivity contribution in [1.29, 1.82) is 0 Å². The van der Waals surface area contributed by atoms with Crippen molar-refractivity contribution in [1.82, 2.24) is 9.55 Å². The maximum absolute atomic E-state index is 13.0. The fourth-order valence-electron chi connectivity index (χ4n) is 3.56. The molecule has 0 radical (unpaired) electrons. The molecule has 0 amide bonds. The van der Waals surface area contributed by atoms with Gasteiger partial charge in [-0.05, 0) is 18.1 Å². The number of rotatable bonds is 7. The molecule has 0 fully saturated rings. The van der Waals surface area contributed by atoms with Crippen molar-refractivity contribution in [2.75, 3.05) is 25.7 Å². The van der Waals surface area contributed by atoms with E-state index in [2.05, 4.69) is 9.83 Å². The number of hydrogen-bond acceptors (Lipinski definition) is 6. The third-order valence-corrected chi connectivity index (χ3v) is 5.03. The summed E-state index contributed by atoms with van der Waals surface area (Å²) in [4.78, 5) is 35.3. The van der Waals surface area contributed by atoms with Gasteiger partial charge in [0.05, 0.1) is 26.3 Å². The number of carbonyl (C=O) groups excluding carboxylic acids is 1. The molecule has 0 aliphatic heterocycles. The van der Waals surface area contributed by atoms with Gasteiger partial charge >= 0.3 is 5.97 Å². The standard InChI is InChI=1S/C24H24N4O4/c1-6-32-23(30)19-21(31-5)22(29)28(4)24(26-19)27(3)20(16-11-8-7-9-12-16)17-13-10-14-18(15-17)25-2/h7-15,20H,6H2,1,3-5H3. The van der Waals surface area contributed by atoms with E-state index in [9.17, 15) is 9.59 Å². The van der Waals surface area contributed by atoms with Gasteiger partial charge in [-0.15, -0.1) is 0 Å². The van der Waals surface area contributed by atoms with E-state index in [0.29, 0.717) is 5.69 Å². The molecule has 0 saturated carbocycles. The van der Waals surface area contributed by atoms with Gasteiger partial charge in [-0.25, -0.2) is 14.6 Å². The molecule has 0 bridgehead atoms. The maximum atomic E-state index is 13.0. The van der Waals surface area contributed by atoms with Crippen LogP contribution in [0.3, 0.4) is 0 Å². The summed E-state index contributed by atoms with van der Waals surface area (Å²) in [5.74, 6) is -0.654. The number of aromatic nitrogens is 2. The van der Waals surface area contributed by atoms with Gasteiger partial charge in [0.15, 0.2) is 11.4 Å². The predicted octanol–water partition coefficient (Wildman–Crippen LogP) is 3.74. The average Bonchev–Trinajstić information content (AvgIpc) is 2.81. The minimum atomic E-state index is -0.733. The third kappa shape index (κ3) is 4.32. The first-order valence-corrected chi connectivity index (χ1v) is 10.00. The van der Waals surface area contributed by atoms with E-state index in [0.717, 1.165) is 11.1 Å². The number of hydrogen-bond donors (Lipinski definition) is 0. The van der Waals surface area contributed by atoms with Crippen molar-refractivity contribution in [2.24, 2.45) is 7.05 Å². The van der Waals surface area contributed by atoms with Crippen molar-refractivity contribution in [2.45, 2.75) is 13.0 Å². The fourth-order valence-corrected chi connectivity index (χ4v) is 3.56. The second kappa shape index (κ2) is 9.79. The highest BCUT2D eigenvalue weighted by atomic mass is 16.5. The van der Waals surface area contributed by atoms with Crippen LogP contribution >= 0.6 is 0 Å². The Labute approximate surface area is 186 Å². The van der Waals surface area contributed by atoms with Crippen LogP contribution in [0.4, 0.5) is 11.6 Å². The summed E-state index contributed by atoms with van der Waals surface area (Å²) in [7, 11) is 4.66. The Hall–Kier alpha value is -4.12. The molecule has 1 atom stereocenters. The summed E-state index contributed by atoms with van der Waals surface area (Å²) in [5.41, 5.74) is 1.59. The minimum absolute atomic E-state index is 0.139. The van der Waals surface area contributed by atoms with Crippen LogP contribution in [0.1, 0.15) is 34.6 Å². The summed E-state index contributed by atoms with van der Waals surface area (Å²) in [5, 5.41) is 0. The van der Waals surface area contributed by atoms with Gasteiger partial charge in [0.25, 0.3) is 5.56 Å². The van der Waals surface area contributed by atoms with Crippen LogP contribution < -0.4 is 15.2 Å². The molecule has 1 unspecified atom stereocenters. The molecule has 8 nitrogen and oxygen atoms in total. The number of ether oxygens (including phenoxy) is 2. The molecule has 0 aliphatic rings. The SMILES string of the molecule is [C-]#[N+]c1cccc(C(c2ccccc2)N(C)c2nc(C(=O)OCC)c(OC)c(=O)n2C)c1. The highest BCUT2D eigenvalue weighted by molar-refractivity contribution is 5.90. The Bertz CT molecular complexity index is 1210. The van der Waals surface area contributed by atoms with Crippen LogP contribution in [0, 0.1) is 6.57 Å².